The van der Waals surface area contributed by atoms with E-state index in [2.05, 4.69) is 42.3 Å². The molecule has 1 heterocycles. The predicted molar refractivity (Wildman–Crippen MR) is 102 cm³/mol. The molecule has 0 aliphatic carbocycles. The predicted octanol–water partition coefficient (Wildman–Crippen LogP) is 5.08. The monoisotopic (exact) mass is 334 g/mol. The lowest BCUT2D eigenvalue weighted by Crippen LogP contribution is -2.05. The van der Waals surface area contributed by atoms with E-state index in [4.69, 9.17) is 4.74 Å². The highest BCUT2D eigenvalue weighted by Gasteiger charge is 2.11. The number of anilines is 2. The second-order valence-corrected chi connectivity index (χ2v) is 6.19. The Morgan fingerprint density at radius 2 is 1.84 bits per heavy atom. The molecule has 4 heteroatoms. The Labute approximate surface area is 147 Å². The molecule has 0 aliphatic heterocycles. The number of aromatic nitrogens is 1. The fourth-order valence-corrected chi connectivity index (χ4v) is 2.78. The number of ether oxygens (including phenoxy) is 1. The normalized spacial score (nSPS) is 10.7. The van der Waals surface area contributed by atoms with Gasteiger partial charge < -0.3 is 10.1 Å². The molecule has 0 spiro atoms. The molecule has 4 nitrogen and oxygen atoms in total. The van der Waals surface area contributed by atoms with Gasteiger partial charge in [-0.05, 0) is 75.2 Å². The van der Waals surface area contributed by atoms with Gasteiger partial charge in [-0.1, -0.05) is 6.07 Å². The average Bonchev–Trinajstić information content (AvgIpc) is 2.58. The molecule has 0 saturated carbocycles. The number of rotatable bonds is 4. The van der Waals surface area contributed by atoms with Crippen molar-refractivity contribution in [1.29, 1.82) is 0 Å². The fraction of sp³-hybridized carbons (Fsp3) is 0.238. The smallest absolute Gasteiger partial charge is 0.338 e. The van der Waals surface area contributed by atoms with E-state index in [-0.39, 0.29) is 5.97 Å². The van der Waals surface area contributed by atoms with Crippen molar-refractivity contribution >= 4 is 28.2 Å². The van der Waals surface area contributed by atoms with Gasteiger partial charge in [0.25, 0.3) is 0 Å². The minimum absolute atomic E-state index is 0.317. The number of nitrogens with zero attached hydrogens (tertiary/aromatic N) is 1. The van der Waals surface area contributed by atoms with E-state index in [9.17, 15) is 4.79 Å². The molecule has 0 amide bonds. The van der Waals surface area contributed by atoms with E-state index in [1.807, 2.05) is 25.1 Å². The van der Waals surface area contributed by atoms with Crippen LogP contribution < -0.4 is 5.32 Å². The first kappa shape index (κ1) is 17.0. The number of carbonyl (C=O) groups is 1. The van der Waals surface area contributed by atoms with Crippen molar-refractivity contribution in [2.24, 2.45) is 0 Å². The summed E-state index contributed by atoms with van der Waals surface area (Å²) in [6.07, 6.45) is 0. The molecule has 0 radical (unpaired) electrons. The molecular formula is C21H22N2O2. The maximum absolute atomic E-state index is 12.0. The maximum Gasteiger partial charge on any atom is 0.338 e. The van der Waals surface area contributed by atoms with Crippen molar-refractivity contribution in [1.82, 2.24) is 4.98 Å². The summed E-state index contributed by atoms with van der Waals surface area (Å²) >= 11 is 0. The number of carbonyl (C=O) groups excluding carboxylic acids is 1. The quantitative estimate of drug-likeness (QED) is 0.676. The highest BCUT2D eigenvalue weighted by molar-refractivity contribution is 5.99. The fourth-order valence-electron chi connectivity index (χ4n) is 2.78. The van der Waals surface area contributed by atoms with Crippen LogP contribution in [0.5, 0.6) is 0 Å². The van der Waals surface area contributed by atoms with Gasteiger partial charge in [-0.3, -0.25) is 4.98 Å². The Balaban J connectivity index is 2.07. The number of fused-ring (bicyclic) bond motifs is 1. The maximum atomic E-state index is 12.0. The third kappa shape index (κ3) is 3.63. The lowest BCUT2D eigenvalue weighted by Gasteiger charge is -2.13. The first-order chi connectivity index (χ1) is 12.0. The lowest BCUT2D eigenvalue weighted by molar-refractivity contribution is 0.0526. The second kappa shape index (κ2) is 6.93. The molecular weight excluding hydrogens is 312 g/mol. The summed E-state index contributed by atoms with van der Waals surface area (Å²) in [6, 6.07) is 13.7. The van der Waals surface area contributed by atoms with Crippen LogP contribution in [0.2, 0.25) is 0 Å². The van der Waals surface area contributed by atoms with E-state index in [0.29, 0.717) is 12.2 Å². The molecule has 0 fully saturated rings. The summed E-state index contributed by atoms with van der Waals surface area (Å²) in [4.78, 5) is 16.6. The Morgan fingerprint density at radius 3 is 2.56 bits per heavy atom. The zero-order chi connectivity index (χ0) is 18.0. The van der Waals surface area contributed by atoms with Crippen LogP contribution >= 0.6 is 0 Å². The Morgan fingerprint density at radius 1 is 1.04 bits per heavy atom. The van der Waals surface area contributed by atoms with Gasteiger partial charge in [0, 0.05) is 22.5 Å². The van der Waals surface area contributed by atoms with Crippen molar-refractivity contribution < 1.29 is 9.53 Å². The third-order valence-corrected chi connectivity index (χ3v) is 4.23. The van der Waals surface area contributed by atoms with Crippen LogP contribution in [0.25, 0.3) is 10.9 Å². The van der Waals surface area contributed by atoms with Crippen molar-refractivity contribution in [3.05, 3.63) is 64.8 Å². The van der Waals surface area contributed by atoms with Gasteiger partial charge in [0.2, 0.25) is 0 Å². The van der Waals surface area contributed by atoms with Gasteiger partial charge in [0.1, 0.15) is 0 Å². The van der Waals surface area contributed by atoms with Crippen LogP contribution in [0.15, 0.2) is 42.5 Å². The molecule has 1 N–H and O–H groups in total. The summed E-state index contributed by atoms with van der Waals surface area (Å²) in [5.74, 6) is -0.317. The van der Waals surface area contributed by atoms with Crippen LogP contribution in [0, 0.1) is 20.8 Å². The summed E-state index contributed by atoms with van der Waals surface area (Å²) < 4.78 is 5.11. The van der Waals surface area contributed by atoms with Crippen LogP contribution in [0.3, 0.4) is 0 Å². The van der Waals surface area contributed by atoms with Crippen LogP contribution in [-0.2, 0) is 4.74 Å². The topological polar surface area (TPSA) is 51.2 Å². The van der Waals surface area contributed by atoms with Gasteiger partial charge in [0.15, 0.2) is 0 Å². The number of hydrogen-bond donors (Lipinski definition) is 1. The molecule has 0 aliphatic rings. The number of nitrogens with one attached hydrogen (secondary N) is 1. The van der Waals surface area contributed by atoms with Gasteiger partial charge in [-0.2, -0.15) is 0 Å². The first-order valence-electron chi connectivity index (χ1n) is 8.40. The first-order valence-corrected chi connectivity index (χ1v) is 8.40. The second-order valence-electron chi connectivity index (χ2n) is 6.19. The molecule has 3 rings (SSSR count). The highest BCUT2D eigenvalue weighted by atomic mass is 16.5. The van der Waals surface area contributed by atoms with Crippen molar-refractivity contribution in [2.75, 3.05) is 11.9 Å². The van der Waals surface area contributed by atoms with E-state index in [1.165, 1.54) is 11.1 Å². The van der Waals surface area contributed by atoms with Gasteiger partial charge in [0.05, 0.1) is 17.7 Å². The molecule has 0 unspecified atom stereocenters. The van der Waals surface area contributed by atoms with E-state index >= 15 is 0 Å². The zero-order valence-electron chi connectivity index (χ0n) is 15.0. The number of aryl methyl sites for hydroxylation is 3. The largest absolute Gasteiger partial charge is 0.462 e. The SMILES string of the molecule is CCOC(=O)c1ccc2nc(C)cc(Nc3ccc(C)c(C)c3)c2c1. The summed E-state index contributed by atoms with van der Waals surface area (Å²) in [6.45, 7) is 8.31. The summed E-state index contributed by atoms with van der Waals surface area (Å²) in [5, 5.41) is 4.36. The van der Waals surface area contributed by atoms with Crippen molar-refractivity contribution in [3.63, 3.8) is 0 Å². The number of hydrogen-bond acceptors (Lipinski definition) is 4. The van der Waals surface area contributed by atoms with Crippen LogP contribution in [0.4, 0.5) is 11.4 Å². The van der Waals surface area contributed by atoms with E-state index in [1.54, 1.807) is 13.0 Å². The van der Waals surface area contributed by atoms with Gasteiger partial charge >= 0.3 is 5.97 Å². The Hall–Kier alpha value is -2.88. The molecule has 128 valence electrons. The highest BCUT2D eigenvalue weighted by Crippen LogP contribution is 2.28. The zero-order valence-corrected chi connectivity index (χ0v) is 15.0. The van der Waals surface area contributed by atoms with E-state index < -0.39 is 0 Å². The van der Waals surface area contributed by atoms with Gasteiger partial charge in [-0.15, -0.1) is 0 Å². The van der Waals surface area contributed by atoms with Crippen LogP contribution in [-0.4, -0.2) is 17.6 Å². The van der Waals surface area contributed by atoms with Crippen LogP contribution in [0.1, 0.15) is 34.1 Å². The summed E-state index contributed by atoms with van der Waals surface area (Å²) in [7, 11) is 0. The molecule has 0 saturated heterocycles. The minimum atomic E-state index is -0.317. The third-order valence-electron chi connectivity index (χ3n) is 4.23. The number of benzene rings is 2. The Kier molecular flexibility index (Phi) is 4.70. The molecule has 0 atom stereocenters. The number of pyridine rings is 1. The minimum Gasteiger partial charge on any atom is -0.462 e. The number of esters is 1. The summed E-state index contributed by atoms with van der Waals surface area (Å²) in [5.41, 5.74) is 6.72. The molecule has 3 aromatic rings. The lowest BCUT2D eigenvalue weighted by atomic mass is 10.1. The molecule has 2 aromatic carbocycles. The van der Waals surface area contributed by atoms with Crippen molar-refractivity contribution in [2.45, 2.75) is 27.7 Å². The Bertz CT molecular complexity index is 948. The van der Waals surface area contributed by atoms with E-state index in [0.717, 1.165) is 28.0 Å². The van der Waals surface area contributed by atoms with Crippen molar-refractivity contribution in [3.8, 4) is 0 Å². The molecule has 25 heavy (non-hydrogen) atoms. The standard InChI is InChI=1S/C21H22N2O2/c1-5-25-21(24)16-7-9-19-18(12-16)20(11-15(4)22-19)23-17-8-6-13(2)14(3)10-17/h6-12H,5H2,1-4H3,(H,22,23). The molecule has 0 bridgehead atoms. The molecule has 1 aromatic heterocycles. The average molecular weight is 334 g/mol. The van der Waals surface area contributed by atoms with Gasteiger partial charge in [-0.25, -0.2) is 4.79 Å².